The summed E-state index contributed by atoms with van der Waals surface area (Å²) in [5.74, 6) is 0.237. The van der Waals surface area contributed by atoms with E-state index in [1.54, 1.807) is 0 Å². The molecule has 1 unspecified atom stereocenters. The van der Waals surface area contributed by atoms with E-state index in [1.807, 2.05) is 12.1 Å². The largest absolute Gasteiger partial charge is 0.378 e. The topological polar surface area (TPSA) is 26.3 Å². The molecule has 0 N–H and O–H groups in total. The fraction of sp³-hybridized carbons (Fsp3) is 0.611. The molecule has 1 saturated heterocycles. The predicted octanol–water partition coefficient (Wildman–Crippen LogP) is 4.52. The number of carbonyl (C=O) groups excluding carboxylic acids is 1. The van der Waals surface area contributed by atoms with Gasteiger partial charge in [0.2, 0.25) is 0 Å². The number of carbonyl (C=O) groups is 1. The highest BCUT2D eigenvalue weighted by Crippen LogP contribution is 2.27. The maximum atomic E-state index is 12.2. The third kappa shape index (κ3) is 3.69. The molecule has 0 bridgehead atoms. The quantitative estimate of drug-likeness (QED) is 0.713. The minimum Gasteiger partial charge on any atom is -0.378 e. The van der Waals surface area contributed by atoms with Gasteiger partial charge in [0, 0.05) is 18.6 Å². The van der Waals surface area contributed by atoms with Crippen molar-refractivity contribution >= 4 is 5.78 Å². The minimum absolute atomic E-state index is 0.180. The molecular formula is C18H26O2. The molecule has 1 heterocycles. The summed E-state index contributed by atoms with van der Waals surface area (Å²) in [5.41, 5.74) is 2.31. The zero-order valence-corrected chi connectivity index (χ0v) is 12.9. The van der Waals surface area contributed by atoms with Gasteiger partial charge in [-0.05, 0) is 36.7 Å². The highest BCUT2D eigenvalue weighted by Gasteiger charge is 2.19. The van der Waals surface area contributed by atoms with Crippen LogP contribution in [0.2, 0.25) is 0 Å². The van der Waals surface area contributed by atoms with E-state index in [4.69, 9.17) is 4.74 Å². The molecule has 0 aliphatic carbocycles. The van der Waals surface area contributed by atoms with Crippen LogP contribution in [0.3, 0.4) is 0 Å². The van der Waals surface area contributed by atoms with Crippen LogP contribution in [0.1, 0.15) is 68.8 Å². The first-order valence-electron chi connectivity index (χ1n) is 7.78. The fourth-order valence-electron chi connectivity index (χ4n) is 2.62. The molecule has 0 aromatic heterocycles. The Balaban J connectivity index is 1.93. The van der Waals surface area contributed by atoms with Crippen LogP contribution in [-0.4, -0.2) is 18.5 Å². The molecule has 110 valence electrons. The van der Waals surface area contributed by atoms with Crippen LogP contribution >= 0.6 is 0 Å². The molecule has 2 heteroatoms. The van der Waals surface area contributed by atoms with Crippen molar-refractivity contribution in [1.82, 2.24) is 0 Å². The summed E-state index contributed by atoms with van der Waals surface area (Å²) in [5, 5.41) is 0. The number of ether oxygens (including phenoxy) is 1. The van der Waals surface area contributed by atoms with Crippen molar-refractivity contribution in [2.75, 3.05) is 6.61 Å². The Hall–Kier alpha value is -1.15. The number of hydrogen-bond acceptors (Lipinski definition) is 2. The van der Waals surface area contributed by atoms with Gasteiger partial charge in [-0.25, -0.2) is 0 Å². The van der Waals surface area contributed by atoms with Crippen molar-refractivity contribution in [3.05, 3.63) is 35.4 Å². The van der Waals surface area contributed by atoms with Gasteiger partial charge in [-0.15, -0.1) is 0 Å². The molecule has 2 nitrogen and oxygen atoms in total. The highest BCUT2D eigenvalue weighted by molar-refractivity contribution is 5.96. The molecule has 1 aromatic carbocycles. The predicted molar refractivity (Wildman–Crippen MR) is 82.3 cm³/mol. The van der Waals surface area contributed by atoms with E-state index in [0.717, 1.165) is 37.9 Å². The van der Waals surface area contributed by atoms with Crippen LogP contribution in [0.25, 0.3) is 0 Å². The molecule has 0 amide bonds. The van der Waals surface area contributed by atoms with Gasteiger partial charge in [0.1, 0.15) is 0 Å². The molecule has 1 atom stereocenters. The maximum absolute atomic E-state index is 12.2. The summed E-state index contributed by atoms with van der Waals surface area (Å²) in [6, 6.07) is 8.15. The van der Waals surface area contributed by atoms with E-state index in [0.29, 0.717) is 12.5 Å². The van der Waals surface area contributed by atoms with Crippen molar-refractivity contribution in [3.8, 4) is 0 Å². The minimum atomic E-state index is 0.180. The van der Waals surface area contributed by atoms with Crippen LogP contribution in [0.15, 0.2) is 24.3 Å². The number of benzene rings is 1. The van der Waals surface area contributed by atoms with E-state index in [9.17, 15) is 4.79 Å². The summed E-state index contributed by atoms with van der Waals surface area (Å²) < 4.78 is 5.57. The third-order valence-corrected chi connectivity index (χ3v) is 4.59. The molecular weight excluding hydrogens is 248 g/mol. The average molecular weight is 274 g/mol. The standard InChI is InChI=1S/C18H26O2/c1-4-18(2,3)15-9-7-14(8-10-15)17(19)12-11-16-6-5-13-20-16/h7-10,16H,4-6,11-13H2,1-3H3. The van der Waals surface area contributed by atoms with Crippen LogP contribution in [0, 0.1) is 0 Å². The smallest absolute Gasteiger partial charge is 0.162 e. The third-order valence-electron chi connectivity index (χ3n) is 4.59. The van der Waals surface area contributed by atoms with Gasteiger partial charge in [-0.1, -0.05) is 45.0 Å². The van der Waals surface area contributed by atoms with Gasteiger partial charge in [0.05, 0.1) is 6.10 Å². The molecule has 0 radical (unpaired) electrons. The van der Waals surface area contributed by atoms with Crippen molar-refractivity contribution in [2.24, 2.45) is 0 Å². The molecule has 1 aliphatic heterocycles. The van der Waals surface area contributed by atoms with Gasteiger partial charge in [-0.3, -0.25) is 4.79 Å². The highest BCUT2D eigenvalue weighted by atomic mass is 16.5. The van der Waals surface area contributed by atoms with Gasteiger partial charge in [0.15, 0.2) is 5.78 Å². The molecule has 1 aliphatic rings. The number of Topliss-reactive ketones (excluding diaryl/α,β-unsaturated/α-hetero) is 1. The molecule has 2 rings (SSSR count). The van der Waals surface area contributed by atoms with Crippen LogP contribution in [0.4, 0.5) is 0 Å². The summed E-state index contributed by atoms with van der Waals surface area (Å²) in [6.07, 6.45) is 5.11. The van der Waals surface area contributed by atoms with E-state index in [-0.39, 0.29) is 11.2 Å². The first-order valence-corrected chi connectivity index (χ1v) is 7.78. The van der Waals surface area contributed by atoms with Crippen molar-refractivity contribution in [1.29, 1.82) is 0 Å². The Morgan fingerprint density at radius 2 is 2.00 bits per heavy atom. The van der Waals surface area contributed by atoms with E-state index in [1.165, 1.54) is 5.56 Å². The first kappa shape index (κ1) is 15.2. The van der Waals surface area contributed by atoms with E-state index < -0.39 is 0 Å². The van der Waals surface area contributed by atoms with Crippen molar-refractivity contribution in [2.45, 2.75) is 64.4 Å². The second-order valence-electron chi connectivity index (χ2n) is 6.41. The van der Waals surface area contributed by atoms with Gasteiger partial charge < -0.3 is 4.74 Å². The lowest BCUT2D eigenvalue weighted by atomic mass is 9.82. The molecule has 0 spiro atoms. The summed E-state index contributed by atoms with van der Waals surface area (Å²) in [6.45, 7) is 7.53. The van der Waals surface area contributed by atoms with Crippen molar-refractivity contribution in [3.63, 3.8) is 0 Å². The van der Waals surface area contributed by atoms with Gasteiger partial charge in [-0.2, -0.15) is 0 Å². The summed E-state index contributed by atoms with van der Waals surface area (Å²) >= 11 is 0. The lowest BCUT2D eigenvalue weighted by Gasteiger charge is -2.23. The lowest BCUT2D eigenvalue weighted by molar-refractivity contribution is 0.0859. The Morgan fingerprint density at radius 3 is 2.55 bits per heavy atom. The second kappa shape index (κ2) is 6.53. The van der Waals surface area contributed by atoms with Gasteiger partial charge in [0.25, 0.3) is 0 Å². The Morgan fingerprint density at radius 1 is 1.30 bits per heavy atom. The van der Waals surface area contributed by atoms with E-state index >= 15 is 0 Å². The first-order chi connectivity index (χ1) is 9.53. The summed E-state index contributed by atoms with van der Waals surface area (Å²) in [4.78, 5) is 12.2. The number of hydrogen-bond donors (Lipinski definition) is 0. The monoisotopic (exact) mass is 274 g/mol. The van der Waals surface area contributed by atoms with E-state index in [2.05, 4.69) is 32.9 Å². The molecule has 20 heavy (non-hydrogen) atoms. The lowest BCUT2D eigenvalue weighted by Crippen LogP contribution is -2.15. The van der Waals surface area contributed by atoms with Crippen molar-refractivity contribution < 1.29 is 9.53 Å². The zero-order valence-electron chi connectivity index (χ0n) is 12.9. The number of ketones is 1. The SMILES string of the molecule is CCC(C)(C)c1ccc(C(=O)CCC2CCCO2)cc1. The maximum Gasteiger partial charge on any atom is 0.162 e. The summed E-state index contributed by atoms with van der Waals surface area (Å²) in [7, 11) is 0. The Kier molecular flexibility index (Phi) is 4.98. The fourth-order valence-corrected chi connectivity index (χ4v) is 2.62. The zero-order chi connectivity index (χ0) is 14.6. The Labute approximate surface area is 122 Å². The van der Waals surface area contributed by atoms with Gasteiger partial charge >= 0.3 is 0 Å². The normalized spacial score (nSPS) is 19.2. The molecule has 1 aromatic rings. The second-order valence-corrected chi connectivity index (χ2v) is 6.41. The molecule has 1 fully saturated rings. The number of rotatable bonds is 6. The van der Waals surface area contributed by atoms with Crippen LogP contribution in [0.5, 0.6) is 0 Å². The molecule has 0 saturated carbocycles. The Bertz CT molecular complexity index is 439. The van der Waals surface area contributed by atoms with Crippen LogP contribution < -0.4 is 0 Å². The average Bonchev–Trinajstić information content (AvgIpc) is 2.98. The van der Waals surface area contributed by atoms with Crippen LogP contribution in [-0.2, 0) is 10.2 Å².